The molecule has 1 unspecified atom stereocenters. The van der Waals surface area contributed by atoms with Crippen LogP contribution in [0, 0.1) is 5.92 Å². The highest BCUT2D eigenvalue weighted by atomic mass is 32.2. The lowest BCUT2D eigenvalue weighted by Crippen LogP contribution is -2.30. The van der Waals surface area contributed by atoms with Crippen LogP contribution in [0.2, 0.25) is 0 Å². The first-order valence-electron chi connectivity index (χ1n) is 6.68. The normalized spacial score (nSPS) is 12.2. The van der Waals surface area contributed by atoms with Crippen LogP contribution in [0.5, 0.6) is 0 Å². The molecule has 1 amide bonds. The van der Waals surface area contributed by atoms with Crippen molar-refractivity contribution in [2.45, 2.75) is 13.3 Å². The number of likely N-dealkylation sites (N-methyl/N-ethyl adjacent to an activating group) is 1. The maximum absolute atomic E-state index is 12.2. The fourth-order valence-electron chi connectivity index (χ4n) is 1.93. The van der Waals surface area contributed by atoms with Crippen molar-refractivity contribution in [1.29, 1.82) is 0 Å². The van der Waals surface area contributed by atoms with Gasteiger partial charge >= 0.3 is 0 Å². The molecule has 0 saturated carbocycles. The van der Waals surface area contributed by atoms with E-state index in [2.05, 4.69) is 23.8 Å². The van der Waals surface area contributed by atoms with E-state index in [4.69, 9.17) is 0 Å². The highest BCUT2D eigenvalue weighted by molar-refractivity contribution is 7.98. The fourth-order valence-corrected chi connectivity index (χ4v) is 2.61. The maximum atomic E-state index is 12.2. The monoisotopic (exact) mass is 280 g/mol. The molecule has 2 N–H and O–H groups in total. The maximum Gasteiger partial charge on any atom is 0.251 e. The Balaban J connectivity index is 2.60. The van der Waals surface area contributed by atoms with Gasteiger partial charge in [-0.1, -0.05) is 25.1 Å². The van der Waals surface area contributed by atoms with Gasteiger partial charge in [0.25, 0.3) is 5.91 Å². The van der Waals surface area contributed by atoms with Gasteiger partial charge in [-0.25, -0.2) is 0 Å². The number of rotatable bonds is 8. The van der Waals surface area contributed by atoms with Crippen molar-refractivity contribution in [3.8, 4) is 0 Å². The second kappa shape index (κ2) is 8.99. The third kappa shape index (κ3) is 5.66. The van der Waals surface area contributed by atoms with Gasteiger partial charge in [0.15, 0.2) is 0 Å². The van der Waals surface area contributed by atoms with Gasteiger partial charge < -0.3 is 10.6 Å². The Kier molecular flexibility index (Phi) is 7.60. The van der Waals surface area contributed by atoms with E-state index in [1.165, 1.54) is 0 Å². The molecule has 0 aliphatic heterocycles. The molecule has 0 radical (unpaired) electrons. The predicted molar refractivity (Wildman–Crippen MR) is 84.0 cm³/mol. The Morgan fingerprint density at radius 3 is 2.79 bits per heavy atom. The molecule has 1 aromatic rings. The Hall–Kier alpha value is -1.00. The van der Waals surface area contributed by atoms with Crippen LogP contribution < -0.4 is 10.6 Å². The van der Waals surface area contributed by atoms with Crippen LogP contribution in [-0.2, 0) is 6.42 Å². The molecule has 0 saturated heterocycles. The largest absolute Gasteiger partial charge is 0.352 e. The molecule has 1 aromatic carbocycles. The fraction of sp³-hybridized carbons (Fsp3) is 0.533. The smallest absolute Gasteiger partial charge is 0.251 e. The summed E-state index contributed by atoms with van der Waals surface area (Å²) in [5.74, 6) is 1.62. The van der Waals surface area contributed by atoms with Crippen molar-refractivity contribution in [3.05, 3.63) is 35.4 Å². The zero-order valence-corrected chi connectivity index (χ0v) is 12.8. The van der Waals surface area contributed by atoms with Crippen molar-refractivity contribution in [2.24, 2.45) is 5.92 Å². The van der Waals surface area contributed by atoms with Crippen LogP contribution in [0.3, 0.4) is 0 Å². The first-order valence-corrected chi connectivity index (χ1v) is 8.08. The summed E-state index contributed by atoms with van der Waals surface area (Å²) in [6.45, 7) is 3.77. The predicted octanol–water partition coefficient (Wildman–Crippen LogP) is 2.18. The number of carbonyl (C=O) groups is 1. The summed E-state index contributed by atoms with van der Waals surface area (Å²) in [6, 6.07) is 7.83. The second-order valence-corrected chi connectivity index (χ2v) is 5.69. The van der Waals surface area contributed by atoms with E-state index in [1.807, 2.05) is 43.1 Å². The van der Waals surface area contributed by atoms with E-state index >= 15 is 0 Å². The summed E-state index contributed by atoms with van der Waals surface area (Å²) in [5, 5.41) is 6.14. The van der Waals surface area contributed by atoms with Crippen LogP contribution in [0.1, 0.15) is 22.8 Å². The zero-order valence-electron chi connectivity index (χ0n) is 12.0. The average molecular weight is 280 g/mol. The summed E-state index contributed by atoms with van der Waals surface area (Å²) in [4.78, 5) is 12.2. The quantitative estimate of drug-likeness (QED) is 0.767. The minimum atomic E-state index is 0.0413. The molecular weight excluding hydrogens is 256 g/mol. The molecule has 0 aliphatic rings. The lowest BCUT2D eigenvalue weighted by molar-refractivity contribution is 0.0948. The Labute approximate surface area is 120 Å². The van der Waals surface area contributed by atoms with Gasteiger partial charge in [0.2, 0.25) is 0 Å². The zero-order chi connectivity index (χ0) is 14.1. The number of nitrogens with one attached hydrogen (secondary N) is 2. The molecule has 0 aromatic heterocycles. The summed E-state index contributed by atoms with van der Waals surface area (Å²) in [7, 11) is 1.92. The van der Waals surface area contributed by atoms with Gasteiger partial charge in [0.05, 0.1) is 0 Å². The van der Waals surface area contributed by atoms with Gasteiger partial charge in [-0.05, 0) is 49.6 Å². The van der Waals surface area contributed by atoms with Crippen LogP contribution >= 0.6 is 11.8 Å². The van der Waals surface area contributed by atoms with E-state index in [0.29, 0.717) is 5.92 Å². The van der Waals surface area contributed by atoms with Gasteiger partial charge in [-0.15, -0.1) is 0 Å². The molecule has 1 rings (SSSR count). The van der Waals surface area contributed by atoms with E-state index in [-0.39, 0.29) is 5.91 Å². The lowest BCUT2D eigenvalue weighted by atomic mass is 10.0. The summed E-state index contributed by atoms with van der Waals surface area (Å²) in [6.07, 6.45) is 2.96. The second-order valence-electron chi connectivity index (χ2n) is 4.78. The Morgan fingerprint density at radius 2 is 2.11 bits per heavy atom. The molecule has 0 bridgehead atoms. The van der Waals surface area contributed by atoms with Gasteiger partial charge in [-0.2, -0.15) is 11.8 Å². The van der Waals surface area contributed by atoms with E-state index in [1.54, 1.807) is 0 Å². The van der Waals surface area contributed by atoms with Gasteiger partial charge in [-0.3, -0.25) is 4.79 Å². The minimum Gasteiger partial charge on any atom is -0.352 e. The Bertz CT molecular complexity index is 395. The van der Waals surface area contributed by atoms with Crippen LogP contribution in [0.4, 0.5) is 0 Å². The Morgan fingerprint density at radius 1 is 1.37 bits per heavy atom. The average Bonchev–Trinajstić information content (AvgIpc) is 2.43. The van der Waals surface area contributed by atoms with Crippen molar-refractivity contribution < 1.29 is 4.79 Å². The SMILES string of the molecule is CNCCc1ccccc1C(=O)NCC(C)CSC. The molecule has 4 heteroatoms. The molecule has 3 nitrogen and oxygen atoms in total. The molecule has 106 valence electrons. The van der Waals surface area contributed by atoms with E-state index in [0.717, 1.165) is 36.4 Å². The molecule has 0 aliphatic carbocycles. The topological polar surface area (TPSA) is 41.1 Å². The minimum absolute atomic E-state index is 0.0413. The van der Waals surface area contributed by atoms with Crippen molar-refractivity contribution in [3.63, 3.8) is 0 Å². The van der Waals surface area contributed by atoms with Crippen LogP contribution in [0.25, 0.3) is 0 Å². The number of amides is 1. The van der Waals surface area contributed by atoms with E-state index in [9.17, 15) is 4.79 Å². The number of carbonyl (C=O) groups excluding carboxylic acids is 1. The summed E-state index contributed by atoms with van der Waals surface area (Å²) >= 11 is 1.81. The molecule has 1 atom stereocenters. The first-order chi connectivity index (χ1) is 9.19. The number of benzene rings is 1. The van der Waals surface area contributed by atoms with Gasteiger partial charge in [0, 0.05) is 12.1 Å². The third-order valence-corrected chi connectivity index (χ3v) is 3.87. The van der Waals surface area contributed by atoms with Crippen LogP contribution in [-0.4, -0.2) is 38.1 Å². The standard InChI is InChI=1S/C15H24N2OS/c1-12(11-19-3)10-17-15(18)14-7-5-4-6-13(14)8-9-16-2/h4-7,12,16H,8-11H2,1-3H3,(H,17,18). The third-order valence-electron chi connectivity index (χ3n) is 2.97. The highest BCUT2D eigenvalue weighted by Gasteiger charge is 2.11. The number of hydrogen-bond acceptors (Lipinski definition) is 3. The van der Waals surface area contributed by atoms with E-state index < -0.39 is 0 Å². The lowest BCUT2D eigenvalue weighted by Gasteiger charge is -2.13. The van der Waals surface area contributed by atoms with Crippen molar-refractivity contribution in [2.75, 3.05) is 32.1 Å². The summed E-state index contributed by atoms with van der Waals surface area (Å²) < 4.78 is 0. The number of thioether (sulfide) groups is 1. The summed E-state index contributed by atoms with van der Waals surface area (Å²) in [5.41, 5.74) is 1.90. The van der Waals surface area contributed by atoms with Gasteiger partial charge in [0.1, 0.15) is 0 Å². The molecular formula is C15H24N2OS. The first kappa shape index (κ1) is 16.1. The molecule has 0 fully saturated rings. The van der Waals surface area contributed by atoms with Crippen molar-refractivity contribution in [1.82, 2.24) is 10.6 Å². The van der Waals surface area contributed by atoms with Crippen LogP contribution in [0.15, 0.2) is 24.3 Å². The molecule has 19 heavy (non-hydrogen) atoms. The van der Waals surface area contributed by atoms with Crippen molar-refractivity contribution >= 4 is 17.7 Å². The number of hydrogen-bond donors (Lipinski definition) is 2. The molecule has 0 spiro atoms. The highest BCUT2D eigenvalue weighted by Crippen LogP contribution is 2.10. The molecule has 0 heterocycles.